The summed E-state index contributed by atoms with van der Waals surface area (Å²) in [5.74, 6) is -0.482. The average Bonchev–Trinajstić information content (AvgIpc) is 2.43. The zero-order chi connectivity index (χ0) is 15.6. The topological polar surface area (TPSA) is 111 Å². The van der Waals surface area contributed by atoms with Crippen molar-refractivity contribution >= 4 is 28.2 Å². The predicted octanol–water partition coefficient (Wildman–Crippen LogP) is 2.06. The molecule has 2 rings (SSSR count). The van der Waals surface area contributed by atoms with Gasteiger partial charge in [-0.1, -0.05) is 13.8 Å². The Kier molecular flexibility index (Phi) is 4.02. The van der Waals surface area contributed by atoms with Crippen molar-refractivity contribution in [1.29, 1.82) is 0 Å². The normalized spacial score (nSPS) is 12.3. The van der Waals surface area contributed by atoms with E-state index in [0.29, 0.717) is 11.1 Å². The lowest BCUT2D eigenvalue weighted by Crippen LogP contribution is -2.39. The minimum absolute atomic E-state index is 0.00980. The minimum atomic E-state index is -0.560. The van der Waals surface area contributed by atoms with Gasteiger partial charge >= 0.3 is 0 Å². The van der Waals surface area contributed by atoms with Crippen LogP contribution in [0.15, 0.2) is 30.5 Å². The summed E-state index contributed by atoms with van der Waals surface area (Å²) >= 11 is 0. The first kappa shape index (κ1) is 14.7. The number of aromatic nitrogens is 1. The second kappa shape index (κ2) is 5.74. The van der Waals surface area contributed by atoms with Gasteiger partial charge < -0.3 is 11.1 Å². The third-order valence-electron chi connectivity index (χ3n) is 3.23. The lowest BCUT2D eigenvalue weighted by molar-refractivity contribution is -0.383. The van der Waals surface area contributed by atoms with Gasteiger partial charge in [-0.15, -0.1) is 0 Å². The molecule has 1 unspecified atom stereocenters. The first-order valence-electron chi connectivity index (χ1n) is 6.49. The Morgan fingerprint density at radius 2 is 2.10 bits per heavy atom. The van der Waals surface area contributed by atoms with Crippen LogP contribution in [-0.4, -0.2) is 21.9 Å². The molecule has 3 N–H and O–H groups in total. The Hall–Kier alpha value is -2.70. The van der Waals surface area contributed by atoms with Crippen molar-refractivity contribution in [3.05, 3.63) is 40.6 Å². The first-order valence-corrected chi connectivity index (χ1v) is 6.49. The fourth-order valence-corrected chi connectivity index (χ4v) is 2.16. The van der Waals surface area contributed by atoms with Crippen LogP contribution in [0.4, 0.5) is 11.4 Å². The Bertz CT molecular complexity index is 700. The third-order valence-corrected chi connectivity index (χ3v) is 3.23. The summed E-state index contributed by atoms with van der Waals surface area (Å²) in [7, 11) is 0. The van der Waals surface area contributed by atoms with Crippen LogP contribution in [0.3, 0.4) is 0 Å². The van der Waals surface area contributed by atoms with E-state index in [-0.39, 0.29) is 17.1 Å². The number of amides is 1. The van der Waals surface area contributed by atoms with Gasteiger partial charge in [-0.25, -0.2) is 4.98 Å². The van der Waals surface area contributed by atoms with Gasteiger partial charge in [-0.05, 0) is 24.1 Å². The highest BCUT2D eigenvalue weighted by molar-refractivity contribution is 5.98. The summed E-state index contributed by atoms with van der Waals surface area (Å²) in [6, 6.07) is 5.79. The van der Waals surface area contributed by atoms with Gasteiger partial charge in [0.2, 0.25) is 5.91 Å². The van der Waals surface area contributed by atoms with Crippen molar-refractivity contribution in [1.82, 2.24) is 4.98 Å². The zero-order valence-corrected chi connectivity index (χ0v) is 11.7. The van der Waals surface area contributed by atoms with Crippen LogP contribution in [-0.2, 0) is 4.79 Å². The summed E-state index contributed by atoms with van der Waals surface area (Å²) < 4.78 is 0. The molecular weight excluding hydrogens is 272 g/mol. The monoisotopic (exact) mass is 288 g/mol. The number of carbonyl (C=O) groups excluding carboxylic acids is 1. The van der Waals surface area contributed by atoms with Crippen molar-refractivity contribution in [3.63, 3.8) is 0 Å². The van der Waals surface area contributed by atoms with E-state index in [0.717, 1.165) is 0 Å². The molecule has 1 atom stereocenters. The van der Waals surface area contributed by atoms with Crippen LogP contribution in [0.25, 0.3) is 10.9 Å². The van der Waals surface area contributed by atoms with Crippen LogP contribution < -0.4 is 11.1 Å². The van der Waals surface area contributed by atoms with E-state index in [1.165, 1.54) is 12.3 Å². The van der Waals surface area contributed by atoms with Gasteiger partial charge in [0.15, 0.2) is 0 Å². The van der Waals surface area contributed by atoms with Gasteiger partial charge in [0, 0.05) is 23.3 Å². The fraction of sp³-hybridized carbons (Fsp3) is 0.286. The van der Waals surface area contributed by atoms with Crippen molar-refractivity contribution in [2.24, 2.45) is 11.7 Å². The minimum Gasteiger partial charge on any atom is -0.373 e. The maximum absolute atomic E-state index is 11.5. The highest BCUT2D eigenvalue weighted by atomic mass is 16.6. The highest BCUT2D eigenvalue weighted by Gasteiger charge is 2.22. The number of fused-ring (bicyclic) bond motifs is 1. The standard InChI is InChI=1S/C14H16N4O3/c1-8(2)12(14(15)19)17-10-5-6-11(18(20)21)13-9(10)4-3-7-16-13/h3-8,12,17H,1-2H3,(H2,15,19). The number of nitrogens with two attached hydrogens (primary N) is 1. The van der Waals surface area contributed by atoms with E-state index in [9.17, 15) is 14.9 Å². The number of nitrogens with one attached hydrogen (secondary N) is 1. The number of hydrogen-bond donors (Lipinski definition) is 2. The van der Waals surface area contributed by atoms with Gasteiger partial charge in [-0.3, -0.25) is 14.9 Å². The van der Waals surface area contributed by atoms with E-state index < -0.39 is 16.9 Å². The molecule has 0 aliphatic carbocycles. The highest BCUT2D eigenvalue weighted by Crippen LogP contribution is 2.30. The van der Waals surface area contributed by atoms with Gasteiger partial charge in [-0.2, -0.15) is 0 Å². The number of benzene rings is 1. The zero-order valence-electron chi connectivity index (χ0n) is 11.7. The molecule has 7 heteroatoms. The number of primary amides is 1. The molecular formula is C14H16N4O3. The lowest BCUT2D eigenvalue weighted by Gasteiger charge is -2.21. The number of nitro benzene ring substituents is 1. The number of nitrogens with zero attached hydrogens (tertiary/aromatic N) is 2. The second-order valence-electron chi connectivity index (χ2n) is 5.06. The molecule has 0 fully saturated rings. The fourth-order valence-electron chi connectivity index (χ4n) is 2.16. The molecule has 0 aliphatic rings. The summed E-state index contributed by atoms with van der Waals surface area (Å²) in [5, 5.41) is 14.7. The van der Waals surface area contributed by atoms with Crippen molar-refractivity contribution < 1.29 is 9.72 Å². The molecule has 1 amide bonds. The van der Waals surface area contributed by atoms with Crippen LogP contribution in [0.1, 0.15) is 13.8 Å². The number of carbonyl (C=O) groups is 1. The number of anilines is 1. The quantitative estimate of drug-likeness (QED) is 0.646. The largest absolute Gasteiger partial charge is 0.373 e. The van der Waals surface area contributed by atoms with Crippen LogP contribution in [0.2, 0.25) is 0 Å². The van der Waals surface area contributed by atoms with E-state index >= 15 is 0 Å². The Balaban J connectivity index is 2.53. The number of hydrogen-bond acceptors (Lipinski definition) is 5. The molecule has 0 saturated carbocycles. The molecule has 1 heterocycles. The van der Waals surface area contributed by atoms with Gasteiger partial charge in [0.05, 0.1) is 4.92 Å². The van der Waals surface area contributed by atoms with Crippen LogP contribution in [0.5, 0.6) is 0 Å². The molecule has 1 aromatic carbocycles. The summed E-state index contributed by atoms with van der Waals surface area (Å²) in [6.45, 7) is 3.74. The molecule has 0 spiro atoms. The molecule has 0 bridgehead atoms. The summed E-state index contributed by atoms with van der Waals surface area (Å²) in [4.78, 5) is 26.1. The summed E-state index contributed by atoms with van der Waals surface area (Å²) in [5.41, 5.74) is 6.19. The lowest BCUT2D eigenvalue weighted by atomic mass is 10.0. The van der Waals surface area contributed by atoms with Crippen LogP contribution in [0, 0.1) is 16.0 Å². The molecule has 0 aliphatic heterocycles. The van der Waals surface area contributed by atoms with E-state index in [1.807, 2.05) is 13.8 Å². The van der Waals surface area contributed by atoms with E-state index in [1.54, 1.807) is 18.2 Å². The molecule has 2 aromatic rings. The second-order valence-corrected chi connectivity index (χ2v) is 5.06. The predicted molar refractivity (Wildman–Crippen MR) is 79.8 cm³/mol. The molecule has 1 aromatic heterocycles. The van der Waals surface area contributed by atoms with E-state index in [2.05, 4.69) is 10.3 Å². The maximum atomic E-state index is 11.5. The molecule has 21 heavy (non-hydrogen) atoms. The average molecular weight is 288 g/mol. The Morgan fingerprint density at radius 1 is 1.38 bits per heavy atom. The smallest absolute Gasteiger partial charge is 0.295 e. The van der Waals surface area contributed by atoms with Crippen molar-refractivity contribution in [2.45, 2.75) is 19.9 Å². The number of pyridine rings is 1. The van der Waals surface area contributed by atoms with E-state index in [4.69, 9.17) is 5.73 Å². The van der Waals surface area contributed by atoms with Crippen LogP contribution >= 0.6 is 0 Å². The van der Waals surface area contributed by atoms with Gasteiger partial charge in [0.25, 0.3) is 5.69 Å². The summed E-state index contributed by atoms with van der Waals surface area (Å²) in [6.07, 6.45) is 1.49. The Labute approximate surface area is 121 Å². The third kappa shape index (κ3) is 2.91. The van der Waals surface area contributed by atoms with Gasteiger partial charge in [0.1, 0.15) is 11.6 Å². The molecule has 0 saturated heterocycles. The molecule has 110 valence electrons. The van der Waals surface area contributed by atoms with Crippen molar-refractivity contribution in [2.75, 3.05) is 5.32 Å². The first-order chi connectivity index (χ1) is 9.91. The number of rotatable bonds is 5. The number of non-ortho nitro benzene ring substituents is 1. The molecule has 0 radical (unpaired) electrons. The van der Waals surface area contributed by atoms with Crippen molar-refractivity contribution in [3.8, 4) is 0 Å². The number of nitro groups is 1. The maximum Gasteiger partial charge on any atom is 0.295 e. The SMILES string of the molecule is CC(C)C(Nc1ccc([N+](=O)[O-])c2ncccc12)C(N)=O. The molecule has 7 nitrogen and oxygen atoms in total. The Morgan fingerprint density at radius 3 is 2.67 bits per heavy atom.